The average molecular weight is 360 g/mol. The Hall–Kier alpha value is -1.10. The van der Waals surface area contributed by atoms with E-state index in [4.69, 9.17) is 4.98 Å². The molecule has 0 unspecified atom stereocenters. The highest BCUT2D eigenvalue weighted by Gasteiger charge is 2.21. The molecule has 20 heavy (non-hydrogen) atoms. The first-order chi connectivity index (χ1) is 9.81. The monoisotopic (exact) mass is 359 g/mol. The van der Waals surface area contributed by atoms with Crippen LogP contribution in [0.4, 0.5) is 0 Å². The van der Waals surface area contributed by atoms with Gasteiger partial charge in [-0.15, -0.1) is 23.1 Å². The zero-order valence-corrected chi connectivity index (χ0v) is 13.7. The molecule has 0 fully saturated rings. The zero-order valence-electron chi connectivity index (χ0n) is 10.5. The second kappa shape index (κ2) is 5.02. The second-order valence-corrected chi connectivity index (χ2v) is 7.60. The Morgan fingerprint density at radius 1 is 1.05 bits per heavy atom. The van der Waals surface area contributed by atoms with E-state index in [0.717, 1.165) is 15.2 Å². The molecule has 0 spiro atoms. The molecule has 3 aromatic rings. The van der Waals surface area contributed by atoms with Crippen molar-refractivity contribution < 1.29 is 0 Å². The lowest BCUT2D eigenvalue weighted by Gasteiger charge is -2.13. The third kappa shape index (κ3) is 2.12. The zero-order chi connectivity index (χ0) is 13.5. The van der Waals surface area contributed by atoms with Gasteiger partial charge in [-0.1, -0.05) is 46.3 Å². The lowest BCUT2D eigenvalue weighted by atomic mass is 10.1. The number of thiazole rings is 1. The summed E-state index contributed by atoms with van der Waals surface area (Å²) in [5.41, 5.74) is 3.62. The minimum Gasteiger partial charge on any atom is -0.236 e. The van der Waals surface area contributed by atoms with Crippen LogP contribution in [0.15, 0.2) is 57.9 Å². The first-order valence-electron chi connectivity index (χ1n) is 6.29. The van der Waals surface area contributed by atoms with Crippen LogP contribution in [0.25, 0.3) is 21.8 Å². The van der Waals surface area contributed by atoms with Gasteiger partial charge >= 0.3 is 0 Å². The van der Waals surface area contributed by atoms with E-state index in [1.54, 1.807) is 0 Å². The van der Waals surface area contributed by atoms with E-state index < -0.39 is 0 Å². The molecular weight excluding hydrogens is 350 g/mol. The molecular formula is C16H10BrNS2. The average Bonchev–Trinajstić information content (AvgIpc) is 2.92. The Kier molecular flexibility index (Phi) is 3.17. The number of hydrogen-bond acceptors (Lipinski definition) is 3. The molecule has 0 aliphatic carbocycles. The Morgan fingerprint density at radius 2 is 1.95 bits per heavy atom. The van der Waals surface area contributed by atoms with Crippen LogP contribution in [0.1, 0.15) is 4.88 Å². The largest absolute Gasteiger partial charge is 0.236 e. The molecule has 2 aromatic carbocycles. The molecule has 0 atom stereocenters. The SMILES string of the molecule is Brc1cccc(-c2nc3c(s2)CSc2ccccc2-3)c1. The van der Waals surface area contributed by atoms with Crippen molar-refractivity contribution in [3.05, 3.63) is 57.9 Å². The van der Waals surface area contributed by atoms with Gasteiger partial charge in [-0.3, -0.25) is 0 Å². The topological polar surface area (TPSA) is 12.9 Å². The highest BCUT2D eigenvalue weighted by molar-refractivity contribution is 9.10. The molecule has 4 heteroatoms. The van der Waals surface area contributed by atoms with Crippen LogP contribution in [-0.2, 0) is 5.75 Å². The standard InChI is InChI=1S/C16H10BrNS2/c17-11-5-3-4-10(8-11)16-18-15-12-6-1-2-7-13(12)19-9-14(15)20-16/h1-8H,9H2. The van der Waals surface area contributed by atoms with Gasteiger partial charge in [0, 0.05) is 31.1 Å². The lowest BCUT2D eigenvalue weighted by Crippen LogP contribution is -1.92. The molecule has 0 amide bonds. The number of nitrogens with zero attached hydrogens (tertiary/aromatic N) is 1. The number of thioether (sulfide) groups is 1. The highest BCUT2D eigenvalue weighted by Crippen LogP contribution is 2.45. The minimum absolute atomic E-state index is 1.03. The quantitative estimate of drug-likeness (QED) is 0.540. The molecule has 2 heterocycles. The van der Waals surface area contributed by atoms with Gasteiger partial charge < -0.3 is 0 Å². The summed E-state index contributed by atoms with van der Waals surface area (Å²) in [5.74, 6) is 1.03. The Balaban J connectivity index is 1.86. The van der Waals surface area contributed by atoms with Crippen LogP contribution in [0.5, 0.6) is 0 Å². The van der Waals surface area contributed by atoms with Crippen molar-refractivity contribution in [1.82, 2.24) is 4.98 Å². The van der Waals surface area contributed by atoms with Crippen LogP contribution in [0, 0.1) is 0 Å². The maximum atomic E-state index is 4.89. The van der Waals surface area contributed by atoms with Crippen molar-refractivity contribution in [1.29, 1.82) is 0 Å². The third-order valence-electron chi connectivity index (χ3n) is 3.27. The normalized spacial score (nSPS) is 12.8. The molecule has 0 saturated heterocycles. The number of fused-ring (bicyclic) bond motifs is 3. The first-order valence-corrected chi connectivity index (χ1v) is 8.88. The summed E-state index contributed by atoms with van der Waals surface area (Å²) in [6.45, 7) is 0. The molecule has 1 nitrogen and oxygen atoms in total. The molecule has 4 rings (SSSR count). The fourth-order valence-electron chi connectivity index (χ4n) is 2.34. The van der Waals surface area contributed by atoms with Gasteiger partial charge in [0.25, 0.3) is 0 Å². The number of aromatic nitrogens is 1. The van der Waals surface area contributed by atoms with Crippen molar-refractivity contribution in [2.24, 2.45) is 0 Å². The van der Waals surface area contributed by atoms with Gasteiger partial charge in [-0.25, -0.2) is 4.98 Å². The van der Waals surface area contributed by atoms with E-state index in [-0.39, 0.29) is 0 Å². The second-order valence-electron chi connectivity index (χ2n) is 4.59. The van der Waals surface area contributed by atoms with Crippen molar-refractivity contribution >= 4 is 39.0 Å². The number of benzene rings is 2. The number of rotatable bonds is 1. The van der Waals surface area contributed by atoms with E-state index in [1.807, 2.05) is 29.2 Å². The van der Waals surface area contributed by atoms with Crippen LogP contribution in [0.2, 0.25) is 0 Å². The van der Waals surface area contributed by atoms with Gasteiger partial charge in [0.1, 0.15) is 5.01 Å². The van der Waals surface area contributed by atoms with E-state index in [2.05, 4.69) is 58.4 Å². The minimum atomic E-state index is 1.03. The summed E-state index contributed by atoms with van der Waals surface area (Å²) in [5, 5.41) is 1.11. The molecule has 0 radical (unpaired) electrons. The van der Waals surface area contributed by atoms with Crippen molar-refractivity contribution in [3.8, 4) is 21.8 Å². The summed E-state index contributed by atoms with van der Waals surface area (Å²) in [7, 11) is 0. The smallest absolute Gasteiger partial charge is 0.124 e. The van der Waals surface area contributed by atoms with Crippen LogP contribution < -0.4 is 0 Å². The number of hydrogen-bond donors (Lipinski definition) is 0. The molecule has 98 valence electrons. The first kappa shape index (κ1) is 12.6. The van der Waals surface area contributed by atoms with Gasteiger partial charge in [0.05, 0.1) is 5.69 Å². The lowest BCUT2D eigenvalue weighted by molar-refractivity contribution is 1.29. The summed E-state index contributed by atoms with van der Waals surface area (Å²) in [6, 6.07) is 16.9. The van der Waals surface area contributed by atoms with Crippen LogP contribution in [0.3, 0.4) is 0 Å². The van der Waals surface area contributed by atoms with E-state index in [1.165, 1.54) is 26.6 Å². The Labute approximate surface area is 134 Å². The molecule has 1 aromatic heterocycles. The van der Waals surface area contributed by atoms with Crippen molar-refractivity contribution in [2.75, 3.05) is 0 Å². The summed E-state index contributed by atoms with van der Waals surface area (Å²) < 4.78 is 1.10. The molecule has 1 aliphatic rings. The number of halogens is 1. The maximum absolute atomic E-state index is 4.89. The van der Waals surface area contributed by atoms with E-state index in [9.17, 15) is 0 Å². The van der Waals surface area contributed by atoms with Gasteiger partial charge in [0.2, 0.25) is 0 Å². The fourth-order valence-corrected chi connectivity index (χ4v) is 4.93. The molecule has 1 aliphatic heterocycles. The van der Waals surface area contributed by atoms with E-state index >= 15 is 0 Å². The third-order valence-corrected chi connectivity index (χ3v) is 6.15. The predicted octanol–water partition coefficient (Wildman–Crippen LogP) is 5.85. The summed E-state index contributed by atoms with van der Waals surface area (Å²) >= 11 is 7.24. The van der Waals surface area contributed by atoms with Crippen molar-refractivity contribution in [2.45, 2.75) is 10.6 Å². The van der Waals surface area contributed by atoms with Crippen molar-refractivity contribution in [3.63, 3.8) is 0 Å². The highest BCUT2D eigenvalue weighted by atomic mass is 79.9. The Bertz CT molecular complexity index is 795. The molecule has 0 N–H and O–H groups in total. The fraction of sp³-hybridized carbons (Fsp3) is 0.0625. The molecule has 0 saturated carbocycles. The van der Waals surface area contributed by atoms with Gasteiger partial charge in [0.15, 0.2) is 0 Å². The summed E-state index contributed by atoms with van der Waals surface area (Å²) in [6.07, 6.45) is 0. The predicted molar refractivity (Wildman–Crippen MR) is 90.2 cm³/mol. The van der Waals surface area contributed by atoms with Gasteiger partial charge in [-0.2, -0.15) is 0 Å². The van der Waals surface area contributed by atoms with Crippen LogP contribution >= 0.6 is 39.0 Å². The summed E-state index contributed by atoms with van der Waals surface area (Å²) in [4.78, 5) is 7.61. The van der Waals surface area contributed by atoms with E-state index in [0.29, 0.717) is 0 Å². The maximum Gasteiger partial charge on any atom is 0.124 e. The molecule has 0 bridgehead atoms. The van der Waals surface area contributed by atoms with Crippen LogP contribution in [-0.4, -0.2) is 4.98 Å². The van der Waals surface area contributed by atoms with Gasteiger partial charge in [-0.05, 0) is 18.2 Å². The Morgan fingerprint density at radius 3 is 2.85 bits per heavy atom.